The van der Waals surface area contributed by atoms with Gasteiger partial charge in [-0.05, 0) is 69.1 Å². The zero-order valence-corrected chi connectivity index (χ0v) is 10.9. The fourth-order valence-electron chi connectivity index (χ4n) is 4.50. The third-order valence-electron chi connectivity index (χ3n) is 5.25. The minimum atomic E-state index is 0.840. The molecule has 2 saturated carbocycles. The van der Waals surface area contributed by atoms with Crippen LogP contribution in [0.4, 0.5) is 0 Å². The van der Waals surface area contributed by atoms with Crippen molar-refractivity contribution < 1.29 is 0 Å². The molecule has 0 nitrogen and oxygen atoms in total. The van der Waals surface area contributed by atoms with Crippen molar-refractivity contribution in [2.45, 2.75) is 46.5 Å². The summed E-state index contributed by atoms with van der Waals surface area (Å²) in [5, 5.41) is 0. The van der Waals surface area contributed by atoms with Gasteiger partial charge in [0, 0.05) is 0 Å². The van der Waals surface area contributed by atoms with Gasteiger partial charge < -0.3 is 0 Å². The smallest absolute Gasteiger partial charge is 0.0195 e. The van der Waals surface area contributed by atoms with Crippen molar-refractivity contribution in [3.63, 3.8) is 0 Å². The van der Waals surface area contributed by atoms with Gasteiger partial charge in [0.1, 0.15) is 0 Å². The Bertz CT molecular complexity index is 343. The highest BCUT2D eigenvalue weighted by atomic mass is 14.5. The van der Waals surface area contributed by atoms with E-state index in [4.69, 9.17) is 0 Å². The molecular formula is C16H24. The highest BCUT2D eigenvalue weighted by molar-refractivity contribution is 5.24. The number of rotatable bonds is 1. The molecule has 3 aliphatic carbocycles. The monoisotopic (exact) mass is 216 g/mol. The van der Waals surface area contributed by atoms with E-state index in [-0.39, 0.29) is 0 Å². The second-order valence-corrected chi connectivity index (χ2v) is 6.58. The van der Waals surface area contributed by atoms with E-state index in [9.17, 15) is 0 Å². The summed E-state index contributed by atoms with van der Waals surface area (Å²) in [5.41, 5.74) is 3.43. The Labute approximate surface area is 99.8 Å². The van der Waals surface area contributed by atoms with Crippen LogP contribution in [0.25, 0.3) is 0 Å². The Morgan fingerprint density at radius 3 is 2.44 bits per heavy atom. The minimum absolute atomic E-state index is 0.840. The van der Waals surface area contributed by atoms with Crippen LogP contribution >= 0.6 is 0 Å². The Balaban J connectivity index is 1.72. The molecule has 0 amide bonds. The molecule has 2 bridgehead atoms. The predicted octanol–water partition coefficient (Wildman–Crippen LogP) is 4.58. The van der Waals surface area contributed by atoms with E-state index in [0.29, 0.717) is 0 Å². The molecule has 0 saturated heterocycles. The van der Waals surface area contributed by atoms with Gasteiger partial charge in [0.2, 0.25) is 0 Å². The first kappa shape index (κ1) is 10.6. The highest BCUT2D eigenvalue weighted by Crippen LogP contribution is 2.56. The molecular weight excluding hydrogens is 192 g/mol. The van der Waals surface area contributed by atoms with Gasteiger partial charge in [0.15, 0.2) is 0 Å². The Hall–Kier alpha value is -0.520. The van der Waals surface area contributed by atoms with Crippen molar-refractivity contribution in [2.24, 2.45) is 29.6 Å². The summed E-state index contributed by atoms with van der Waals surface area (Å²) < 4.78 is 0. The molecule has 2 fully saturated rings. The average Bonchev–Trinajstić information content (AvgIpc) is 2.89. The van der Waals surface area contributed by atoms with Crippen LogP contribution in [0, 0.1) is 29.6 Å². The van der Waals surface area contributed by atoms with Crippen molar-refractivity contribution in [2.75, 3.05) is 0 Å². The van der Waals surface area contributed by atoms with E-state index in [2.05, 4.69) is 32.9 Å². The summed E-state index contributed by atoms with van der Waals surface area (Å²) in [5.74, 6) is 4.77. The van der Waals surface area contributed by atoms with Crippen LogP contribution in [0.15, 0.2) is 23.3 Å². The molecule has 0 aromatic carbocycles. The Kier molecular flexibility index (Phi) is 2.49. The molecule has 0 aromatic heterocycles. The molecule has 0 aromatic rings. The van der Waals surface area contributed by atoms with E-state index in [1.54, 1.807) is 5.57 Å². The van der Waals surface area contributed by atoms with Crippen LogP contribution in [0.1, 0.15) is 46.5 Å². The molecule has 88 valence electrons. The lowest BCUT2D eigenvalue weighted by molar-refractivity contribution is 0.274. The zero-order chi connectivity index (χ0) is 11.3. The third kappa shape index (κ3) is 1.58. The van der Waals surface area contributed by atoms with Gasteiger partial charge in [-0.3, -0.25) is 0 Å². The van der Waals surface area contributed by atoms with Gasteiger partial charge in [-0.15, -0.1) is 0 Å². The second-order valence-electron chi connectivity index (χ2n) is 6.58. The molecule has 0 heterocycles. The summed E-state index contributed by atoms with van der Waals surface area (Å²) in [6.45, 7) is 6.98. The second kappa shape index (κ2) is 3.75. The molecule has 0 heteroatoms. The van der Waals surface area contributed by atoms with E-state index < -0.39 is 0 Å². The first-order chi connectivity index (χ1) is 7.65. The number of hydrogen-bond acceptors (Lipinski definition) is 0. The van der Waals surface area contributed by atoms with Crippen LogP contribution in [0.2, 0.25) is 0 Å². The van der Waals surface area contributed by atoms with Gasteiger partial charge in [-0.1, -0.05) is 30.2 Å². The van der Waals surface area contributed by atoms with Crippen molar-refractivity contribution in [3.8, 4) is 0 Å². The summed E-state index contributed by atoms with van der Waals surface area (Å²) in [6, 6.07) is 0. The lowest BCUT2D eigenvalue weighted by atomic mass is 9.76. The summed E-state index contributed by atoms with van der Waals surface area (Å²) in [7, 11) is 0. The topological polar surface area (TPSA) is 0 Å². The number of allylic oxidation sites excluding steroid dienone is 4. The minimum Gasteiger partial charge on any atom is -0.0854 e. The molecule has 0 spiro atoms. The standard InChI is InChI=1S/C16H24/c1-10(2)15-8-14-7-13(15)9-16(14)12-5-4-11(3)6-12/h4-5,11-14,16H,6-9H2,1-3H3. The molecule has 3 rings (SSSR count). The summed E-state index contributed by atoms with van der Waals surface area (Å²) in [6.07, 6.45) is 10.8. The maximum Gasteiger partial charge on any atom is -0.0195 e. The van der Waals surface area contributed by atoms with E-state index >= 15 is 0 Å². The lowest BCUT2D eigenvalue weighted by Crippen LogP contribution is -2.20. The van der Waals surface area contributed by atoms with E-state index in [1.165, 1.54) is 25.7 Å². The fourth-order valence-corrected chi connectivity index (χ4v) is 4.50. The van der Waals surface area contributed by atoms with Crippen LogP contribution in [0.5, 0.6) is 0 Å². The number of fused-ring (bicyclic) bond motifs is 2. The van der Waals surface area contributed by atoms with E-state index in [0.717, 1.165) is 29.6 Å². The Morgan fingerprint density at radius 2 is 1.94 bits per heavy atom. The lowest BCUT2D eigenvalue weighted by Gasteiger charge is -2.29. The van der Waals surface area contributed by atoms with Crippen molar-refractivity contribution >= 4 is 0 Å². The first-order valence-electron chi connectivity index (χ1n) is 6.99. The Morgan fingerprint density at radius 1 is 1.12 bits per heavy atom. The molecule has 5 atom stereocenters. The van der Waals surface area contributed by atoms with Crippen LogP contribution in [0.3, 0.4) is 0 Å². The van der Waals surface area contributed by atoms with Crippen LogP contribution in [-0.2, 0) is 0 Å². The van der Waals surface area contributed by atoms with Crippen LogP contribution < -0.4 is 0 Å². The molecule has 3 aliphatic rings. The first-order valence-corrected chi connectivity index (χ1v) is 6.99. The SMILES string of the molecule is CC(C)=C1CC2CC1CC2C1C=CC(C)C1. The largest absolute Gasteiger partial charge is 0.0854 e. The van der Waals surface area contributed by atoms with Gasteiger partial charge in [-0.2, -0.15) is 0 Å². The summed E-state index contributed by atoms with van der Waals surface area (Å²) >= 11 is 0. The normalized spacial score (nSPS) is 45.7. The zero-order valence-electron chi connectivity index (χ0n) is 10.9. The molecule has 0 radical (unpaired) electrons. The molecule has 0 N–H and O–H groups in total. The van der Waals surface area contributed by atoms with Crippen molar-refractivity contribution in [1.29, 1.82) is 0 Å². The van der Waals surface area contributed by atoms with Gasteiger partial charge in [0.05, 0.1) is 0 Å². The van der Waals surface area contributed by atoms with Gasteiger partial charge in [0.25, 0.3) is 0 Å². The number of hydrogen-bond donors (Lipinski definition) is 0. The summed E-state index contributed by atoms with van der Waals surface area (Å²) in [4.78, 5) is 0. The quantitative estimate of drug-likeness (QED) is 0.563. The fraction of sp³-hybridized carbons (Fsp3) is 0.750. The maximum absolute atomic E-state index is 2.53. The molecule has 5 unspecified atom stereocenters. The maximum atomic E-state index is 2.53. The van der Waals surface area contributed by atoms with Gasteiger partial charge in [-0.25, -0.2) is 0 Å². The van der Waals surface area contributed by atoms with E-state index in [1.807, 2.05) is 5.57 Å². The van der Waals surface area contributed by atoms with Crippen LogP contribution in [-0.4, -0.2) is 0 Å². The van der Waals surface area contributed by atoms with Crippen molar-refractivity contribution in [1.82, 2.24) is 0 Å². The molecule has 16 heavy (non-hydrogen) atoms. The highest BCUT2D eigenvalue weighted by Gasteiger charge is 2.45. The molecule has 0 aliphatic heterocycles. The predicted molar refractivity (Wildman–Crippen MR) is 69.1 cm³/mol. The average molecular weight is 216 g/mol. The third-order valence-corrected chi connectivity index (χ3v) is 5.25. The van der Waals surface area contributed by atoms with Gasteiger partial charge >= 0.3 is 0 Å². The van der Waals surface area contributed by atoms with Crippen molar-refractivity contribution in [3.05, 3.63) is 23.3 Å².